The van der Waals surface area contributed by atoms with Crippen molar-refractivity contribution in [1.82, 2.24) is 9.97 Å². The Hall–Kier alpha value is -1.23. The minimum absolute atomic E-state index is 0. The molecule has 96 valence electrons. The van der Waals surface area contributed by atoms with E-state index in [0.29, 0.717) is 22.3 Å². The molecule has 18 heavy (non-hydrogen) atoms. The van der Waals surface area contributed by atoms with Gasteiger partial charge in [0.2, 0.25) is 0 Å². The van der Waals surface area contributed by atoms with Gasteiger partial charge in [-0.05, 0) is 17.7 Å². The van der Waals surface area contributed by atoms with Crippen molar-refractivity contribution in [1.29, 1.82) is 0 Å². The summed E-state index contributed by atoms with van der Waals surface area (Å²) in [7, 11) is 0. The molecule has 0 unspecified atom stereocenters. The number of hydrogen-bond donors (Lipinski definition) is 2. The first-order valence-electron chi connectivity index (χ1n) is 4.78. The van der Waals surface area contributed by atoms with E-state index in [2.05, 4.69) is 9.97 Å². The van der Waals surface area contributed by atoms with Crippen LogP contribution in [0, 0.1) is 0 Å². The summed E-state index contributed by atoms with van der Waals surface area (Å²) in [6.07, 6.45) is 1.63. The van der Waals surface area contributed by atoms with Gasteiger partial charge >= 0.3 is 5.97 Å². The largest absolute Gasteiger partial charge is 0.477 e. The van der Waals surface area contributed by atoms with Gasteiger partial charge in [0.25, 0.3) is 0 Å². The molecule has 0 aliphatic carbocycles. The predicted octanol–water partition coefficient (Wildman–Crippen LogP) is 3.43. The molecule has 2 aromatic rings. The van der Waals surface area contributed by atoms with Crippen LogP contribution in [0.3, 0.4) is 0 Å². The Morgan fingerprint density at radius 3 is 2.44 bits per heavy atom. The summed E-state index contributed by atoms with van der Waals surface area (Å²) < 4.78 is 0. The normalized spacial score (nSPS) is 9.89. The van der Waals surface area contributed by atoms with Gasteiger partial charge in [-0.2, -0.15) is 0 Å². The average Bonchev–Trinajstić information content (AvgIpc) is 2.72. The maximum Gasteiger partial charge on any atom is 0.353 e. The van der Waals surface area contributed by atoms with E-state index in [9.17, 15) is 4.79 Å². The molecule has 4 nitrogen and oxygen atoms in total. The predicted molar refractivity (Wildman–Crippen MR) is 72.1 cm³/mol. The number of rotatable bonds is 3. The Morgan fingerprint density at radius 2 is 1.94 bits per heavy atom. The zero-order chi connectivity index (χ0) is 12.4. The molecule has 0 fully saturated rings. The highest BCUT2D eigenvalue weighted by Gasteiger charge is 2.11. The number of nitrogens with one attached hydrogen (secondary N) is 1. The third-order valence-electron chi connectivity index (χ3n) is 2.26. The van der Waals surface area contributed by atoms with Gasteiger partial charge in [-0.15, -0.1) is 12.4 Å². The lowest BCUT2D eigenvalue weighted by Crippen LogP contribution is -1.97. The van der Waals surface area contributed by atoms with Crippen molar-refractivity contribution < 1.29 is 9.90 Å². The summed E-state index contributed by atoms with van der Waals surface area (Å²) in [4.78, 5) is 17.3. The van der Waals surface area contributed by atoms with Crippen molar-refractivity contribution >= 4 is 41.6 Å². The molecule has 1 aromatic carbocycles. The maximum absolute atomic E-state index is 10.7. The number of imidazole rings is 1. The van der Waals surface area contributed by atoms with E-state index in [4.69, 9.17) is 28.3 Å². The van der Waals surface area contributed by atoms with Gasteiger partial charge in [-0.3, -0.25) is 0 Å². The summed E-state index contributed by atoms with van der Waals surface area (Å²) in [5.74, 6) is -0.536. The molecular formula is C11H9Cl3N2O2. The molecule has 0 atom stereocenters. The van der Waals surface area contributed by atoms with E-state index in [1.54, 1.807) is 18.2 Å². The summed E-state index contributed by atoms with van der Waals surface area (Å²) in [5.41, 5.74) is 0.769. The Kier molecular flexibility index (Phi) is 5.02. The van der Waals surface area contributed by atoms with Crippen molar-refractivity contribution in [3.8, 4) is 0 Å². The average molecular weight is 308 g/mol. The third-order valence-corrected chi connectivity index (χ3v) is 2.97. The smallest absolute Gasteiger partial charge is 0.353 e. The maximum atomic E-state index is 10.7. The number of aromatic nitrogens is 2. The first-order chi connectivity index (χ1) is 8.08. The zero-order valence-electron chi connectivity index (χ0n) is 8.98. The van der Waals surface area contributed by atoms with Gasteiger partial charge in [0.05, 0.1) is 6.20 Å². The molecule has 0 amide bonds. The van der Waals surface area contributed by atoms with Crippen molar-refractivity contribution in [3.05, 3.63) is 51.5 Å². The molecular weight excluding hydrogens is 298 g/mol. The highest BCUT2D eigenvalue weighted by molar-refractivity contribution is 6.36. The van der Waals surface area contributed by atoms with Gasteiger partial charge < -0.3 is 10.1 Å². The first-order valence-corrected chi connectivity index (χ1v) is 5.53. The van der Waals surface area contributed by atoms with E-state index < -0.39 is 5.97 Å². The van der Waals surface area contributed by atoms with Crippen molar-refractivity contribution in [2.75, 3.05) is 0 Å². The van der Waals surface area contributed by atoms with Crippen LogP contribution < -0.4 is 0 Å². The zero-order valence-corrected chi connectivity index (χ0v) is 11.3. The molecule has 0 aliphatic rings. The molecule has 2 N–H and O–H groups in total. The lowest BCUT2D eigenvalue weighted by molar-refractivity contribution is 0.0691. The monoisotopic (exact) mass is 306 g/mol. The van der Waals surface area contributed by atoms with Crippen LogP contribution in [0.2, 0.25) is 10.0 Å². The molecule has 1 heterocycles. The number of carboxylic acids is 1. The summed E-state index contributed by atoms with van der Waals surface area (Å²) in [5, 5.41) is 9.82. The molecule has 0 aliphatic heterocycles. The molecule has 7 heteroatoms. The fourth-order valence-electron chi connectivity index (χ4n) is 1.43. The van der Waals surface area contributed by atoms with Crippen LogP contribution in [0.1, 0.15) is 21.9 Å². The first kappa shape index (κ1) is 14.8. The van der Waals surface area contributed by atoms with Crippen LogP contribution in [0.25, 0.3) is 0 Å². The van der Waals surface area contributed by atoms with E-state index in [1.165, 1.54) is 6.20 Å². The van der Waals surface area contributed by atoms with Crippen LogP contribution in [0.5, 0.6) is 0 Å². The third kappa shape index (κ3) is 3.16. The molecule has 2 rings (SSSR count). The number of nitrogens with zero attached hydrogens (tertiary/aromatic N) is 1. The van der Waals surface area contributed by atoms with E-state index in [0.717, 1.165) is 5.56 Å². The van der Waals surface area contributed by atoms with Crippen molar-refractivity contribution in [3.63, 3.8) is 0 Å². The fourth-order valence-corrected chi connectivity index (χ4v) is 1.96. The van der Waals surface area contributed by atoms with E-state index in [-0.39, 0.29) is 18.1 Å². The minimum Gasteiger partial charge on any atom is -0.477 e. The van der Waals surface area contributed by atoms with Gasteiger partial charge in [0, 0.05) is 16.5 Å². The fraction of sp³-hybridized carbons (Fsp3) is 0.0909. The minimum atomic E-state index is -1.05. The number of carbonyl (C=O) groups is 1. The number of carboxylic acid groups (broad SMARTS) is 1. The van der Waals surface area contributed by atoms with Crippen LogP contribution in [-0.2, 0) is 6.42 Å². The number of H-pyrrole nitrogens is 1. The van der Waals surface area contributed by atoms with Gasteiger partial charge in [0.1, 0.15) is 11.5 Å². The SMILES string of the molecule is Cl.O=C(O)c1cnc(Cc2c(Cl)cccc2Cl)[nH]1. The van der Waals surface area contributed by atoms with Crippen LogP contribution in [-0.4, -0.2) is 21.0 Å². The standard InChI is InChI=1S/C11H8Cl2N2O2.ClH/c12-7-2-1-3-8(13)6(7)4-10-14-5-9(15-10)11(16)17;/h1-3,5H,4H2,(H,14,15)(H,16,17);1H. The lowest BCUT2D eigenvalue weighted by atomic mass is 10.1. The second-order valence-corrected chi connectivity index (χ2v) is 4.24. The number of benzene rings is 1. The Morgan fingerprint density at radius 1 is 1.33 bits per heavy atom. The van der Waals surface area contributed by atoms with E-state index >= 15 is 0 Å². The molecule has 0 radical (unpaired) electrons. The molecule has 1 aromatic heterocycles. The second kappa shape index (κ2) is 6.09. The number of halogens is 3. The molecule has 0 saturated heterocycles. The Labute approximate surface area is 119 Å². The second-order valence-electron chi connectivity index (χ2n) is 3.43. The topological polar surface area (TPSA) is 66.0 Å². The molecule has 0 bridgehead atoms. The van der Waals surface area contributed by atoms with Gasteiger partial charge in [-0.25, -0.2) is 9.78 Å². The summed E-state index contributed by atoms with van der Waals surface area (Å²) in [6, 6.07) is 5.20. The summed E-state index contributed by atoms with van der Waals surface area (Å²) >= 11 is 12.0. The number of hydrogen-bond acceptors (Lipinski definition) is 2. The van der Waals surface area contributed by atoms with Crippen molar-refractivity contribution in [2.24, 2.45) is 0 Å². The molecule has 0 saturated carbocycles. The van der Waals surface area contributed by atoms with Gasteiger partial charge in [0.15, 0.2) is 0 Å². The van der Waals surface area contributed by atoms with Crippen LogP contribution >= 0.6 is 35.6 Å². The lowest BCUT2D eigenvalue weighted by Gasteiger charge is -2.04. The van der Waals surface area contributed by atoms with Crippen LogP contribution in [0.4, 0.5) is 0 Å². The molecule has 0 spiro atoms. The Balaban J connectivity index is 0.00000162. The van der Waals surface area contributed by atoms with Crippen molar-refractivity contribution in [2.45, 2.75) is 6.42 Å². The Bertz CT molecular complexity index is 549. The number of aromatic amines is 1. The highest BCUT2D eigenvalue weighted by Crippen LogP contribution is 2.26. The quantitative estimate of drug-likeness (QED) is 0.913. The van der Waals surface area contributed by atoms with E-state index in [1.807, 2.05) is 0 Å². The number of aromatic carboxylic acids is 1. The highest BCUT2D eigenvalue weighted by atomic mass is 35.5. The van der Waals surface area contributed by atoms with Gasteiger partial charge in [-0.1, -0.05) is 29.3 Å². The van der Waals surface area contributed by atoms with Crippen LogP contribution in [0.15, 0.2) is 24.4 Å². The summed E-state index contributed by atoms with van der Waals surface area (Å²) in [6.45, 7) is 0.